The number of hydrogen-bond donors (Lipinski definition) is 3. The molecule has 8 nitrogen and oxygen atoms in total. The Labute approximate surface area is 100 Å². The van der Waals surface area contributed by atoms with Crippen molar-refractivity contribution in [1.29, 1.82) is 0 Å². The first-order valence-corrected chi connectivity index (χ1v) is 5.38. The Morgan fingerprint density at radius 1 is 1.39 bits per heavy atom. The number of carboxylic acids is 1. The van der Waals surface area contributed by atoms with Crippen LogP contribution in [0.1, 0.15) is 18.7 Å². The number of imidazole rings is 1. The SMILES string of the molecule is Cn1c(=O)[nH]c2nc(CCCC(=O)O)[nH]c2c1=O. The van der Waals surface area contributed by atoms with Gasteiger partial charge in [-0.3, -0.25) is 19.1 Å². The Kier molecular flexibility index (Phi) is 3.00. The number of H-pyrrole nitrogens is 2. The van der Waals surface area contributed by atoms with Gasteiger partial charge in [-0.25, -0.2) is 9.78 Å². The molecule has 0 aliphatic carbocycles. The quantitative estimate of drug-likeness (QED) is 0.668. The van der Waals surface area contributed by atoms with E-state index in [1.165, 1.54) is 7.05 Å². The molecule has 0 bridgehead atoms. The van der Waals surface area contributed by atoms with E-state index in [0.29, 0.717) is 18.7 Å². The number of carboxylic acid groups (broad SMARTS) is 1. The van der Waals surface area contributed by atoms with Crippen molar-refractivity contribution in [3.63, 3.8) is 0 Å². The van der Waals surface area contributed by atoms with Crippen LogP contribution in [-0.2, 0) is 18.3 Å². The topological polar surface area (TPSA) is 121 Å². The number of nitrogens with one attached hydrogen (secondary N) is 2. The molecule has 0 saturated heterocycles. The van der Waals surface area contributed by atoms with E-state index in [-0.39, 0.29) is 17.6 Å². The van der Waals surface area contributed by atoms with Gasteiger partial charge in [0.05, 0.1) is 0 Å². The summed E-state index contributed by atoms with van der Waals surface area (Å²) in [6.07, 6.45) is 0.859. The third-order valence-corrected chi connectivity index (χ3v) is 2.61. The molecule has 0 spiro atoms. The van der Waals surface area contributed by atoms with Gasteiger partial charge in [0.2, 0.25) is 0 Å². The zero-order valence-corrected chi connectivity index (χ0v) is 9.69. The fraction of sp³-hybridized carbons (Fsp3) is 0.400. The molecule has 18 heavy (non-hydrogen) atoms. The summed E-state index contributed by atoms with van der Waals surface area (Å²) >= 11 is 0. The molecule has 0 amide bonds. The molecule has 2 rings (SSSR count). The number of fused-ring (bicyclic) bond motifs is 1. The second-order valence-corrected chi connectivity index (χ2v) is 3.95. The van der Waals surface area contributed by atoms with Gasteiger partial charge in [-0.05, 0) is 6.42 Å². The molecule has 0 aliphatic heterocycles. The lowest BCUT2D eigenvalue weighted by Gasteiger charge is -1.93. The molecular formula is C10H12N4O4. The molecule has 2 aromatic rings. The van der Waals surface area contributed by atoms with E-state index in [4.69, 9.17) is 5.11 Å². The Morgan fingerprint density at radius 3 is 2.78 bits per heavy atom. The first kappa shape index (κ1) is 12.1. The maximum atomic E-state index is 11.7. The molecule has 96 valence electrons. The van der Waals surface area contributed by atoms with Gasteiger partial charge < -0.3 is 10.1 Å². The van der Waals surface area contributed by atoms with Gasteiger partial charge in [0.25, 0.3) is 5.56 Å². The van der Waals surface area contributed by atoms with Crippen LogP contribution >= 0.6 is 0 Å². The van der Waals surface area contributed by atoms with Crippen LogP contribution in [0.4, 0.5) is 0 Å². The third-order valence-electron chi connectivity index (χ3n) is 2.61. The van der Waals surface area contributed by atoms with Crippen molar-refractivity contribution in [2.45, 2.75) is 19.3 Å². The van der Waals surface area contributed by atoms with Crippen molar-refractivity contribution in [1.82, 2.24) is 19.5 Å². The lowest BCUT2D eigenvalue weighted by atomic mass is 10.2. The van der Waals surface area contributed by atoms with Crippen LogP contribution in [0, 0.1) is 0 Å². The van der Waals surface area contributed by atoms with Crippen LogP contribution in [0.15, 0.2) is 9.59 Å². The highest BCUT2D eigenvalue weighted by molar-refractivity contribution is 5.69. The zero-order chi connectivity index (χ0) is 13.3. The van der Waals surface area contributed by atoms with Gasteiger partial charge >= 0.3 is 11.7 Å². The van der Waals surface area contributed by atoms with Crippen molar-refractivity contribution < 1.29 is 9.90 Å². The van der Waals surface area contributed by atoms with Crippen molar-refractivity contribution in [3.05, 3.63) is 26.7 Å². The fourth-order valence-electron chi connectivity index (χ4n) is 1.64. The highest BCUT2D eigenvalue weighted by Crippen LogP contribution is 2.05. The summed E-state index contributed by atoms with van der Waals surface area (Å²) in [6, 6.07) is 0. The maximum absolute atomic E-state index is 11.7. The van der Waals surface area contributed by atoms with Crippen molar-refractivity contribution in [2.24, 2.45) is 7.05 Å². The molecule has 8 heteroatoms. The van der Waals surface area contributed by atoms with Gasteiger partial charge in [0.15, 0.2) is 5.65 Å². The summed E-state index contributed by atoms with van der Waals surface area (Å²) in [6.45, 7) is 0. The normalized spacial score (nSPS) is 10.9. The molecule has 3 N–H and O–H groups in total. The first-order chi connectivity index (χ1) is 8.49. The van der Waals surface area contributed by atoms with Crippen molar-refractivity contribution in [3.8, 4) is 0 Å². The fourth-order valence-corrected chi connectivity index (χ4v) is 1.64. The number of aliphatic carboxylic acids is 1. The maximum Gasteiger partial charge on any atom is 0.329 e. The van der Waals surface area contributed by atoms with Crippen molar-refractivity contribution >= 4 is 17.1 Å². The lowest BCUT2D eigenvalue weighted by Crippen LogP contribution is -2.32. The minimum atomic E-state index is -0.879. The monoisotopic (exact) mass is 252 g/mol. The average Bonchev–Trinajstić information content (AvgIpc) is 2.69. The van der Waals surface area contributed by atoms with E-state index < -0.39 is 17.2 Å². The molecule has 2 aromatic heterocycles. The van der Waals surface area contributed by atoms with Gasteiger partial charge in [-0.1, -0.05) is 0 Å². The molecule has 0 aromatic carbocycles. The molecule has 2 heterocycles. The first-order valence-electron chi connectivity index (χ1n) is 5.38. The lowest BCUT2D eigenvalue weighted by molar-refractivity contribution is -0.137. The largest absolute Gasteiger partial charge is 0.481 e. The van der Waals surface area contributed by atoms with Crippen molar-refractivity contribution in [2.75, 3.05) is 0 Å². The van der Waals surface area contributed by atoms with Crippen LogP contribution in [0.3, 0.4) is 0 Å². The number of aromatic nitrogens is 4. The van der Waals surface area contributed by atoms with E-state index in [9.17, 15) is 14.4 Å². The number of aryl methyl sites for hydroxylation is 1. The van der Waals surface area contributed by atoms with Crippen LogP contribution in [0.25, 0.3) is 11.2 Å². The predicted octanol–water partition coefficient (Wildman–Crippen LogP) is -0.643. The Hall–Kier alpha value is -2.38. The number of aromatic amines is 2. The molecule has 0 fully saturated rings. The van der Waals surface area contributed by atoms with Gasteiger partial charge in [0, 0.05) is 19.9 Å². The van der Waals surface area contributed by atoms with Crippen LogP contribution in [-0.4, -0.2) is 30.6 Å². The smallest absolute Gasteiger partial charge is 0.329 e. The van der Waals surface area contributed by atoms with Gasteiger partial charge in [-0.2, -0.15) is 0 Å². The third kappa shape index (κ3) is 2.17. The van der Waals surface area contributed by atoms with Crippen LogP contribution in [0.2, 0.25) is 0 Å². The van der Waals surface area contributed by atoms with E-state index in [2.05, 4.69) is 15.0 Å². The number of rotatable bonds is 4. The summed E-state index contributed by atoms with van der Waals surface area (Å²) < 4.78 is 0.946. The Bertz CT molecular complexity index is 709. The second kappa shape index (κ2) is 4.47. The molecule has 0 atom stereocenters. The standard InChI is InChI=1S/C10H12N4O4/c1-14-9(17)7-8(13-10(14)18)12-5(11-7)3-2-4-6(15)16/h2-4H2,1H3,(H,11,12)(H,13,18)(H,15,16). The molecule has 0 aliphatic rings. The van der Waals surface area contributed by atoms with Gasteiger partial charge in [-0.15, -0.1) is 0 Å². The highest BCUT2D eigenvalue weighted by Gasteiger charge is 2.10. The molecular weight excluding hydrogens is 240 g/mol. The number of carbonyl (C=O) groups is 1. The van der Waals surface area contributed by atoms with E-state index in [1.54, 1.807) is 0 Å². The van der Waals surface area contributed by atoms with Gasteiger partial charge in [0.1, 0.15) is 11.3 Å². The summed E-state index contributed by atoms with van der Waals surface area (Å²) in [5.74, 6) is -0.388. The summed E-state index contributed by atoms with van der Waals surface area (Å²) in [5, 5.41) is 8.52. The summed E-state index contributed by atoms with van der Waals surface area (Å²) in [5.41, 5.74) is -0.558. The minimum absolute atomic E-state index is 0.0333. The Morgan fingerprint density at radius 2 is 2.11 bits per heavy atom. The summed E-state index contributed by atoms with van der Waals surface area (Å²) in [7, 11) is 1.37. The zero-order valence-electron chi connectivity index (χ0n) is 9.69. The predicted molar refractivity (Wildman–Crippen MR) is 62.5 cm³/mol. The minimum Gasteiger partial charge on any atom is -0.481 e. The molecule has 0 unspecified atom stereocenters. The van der Waals surface area contributed by atoms with E-state index in [1.807, 2.05) is 0 Å². The van der Waals surface area contributed by atoms with Crippen LogP contribution in [0.5, 0.6) is 0 Å². The average molecular weight is 252 g/mol. The molecule has 0 radical (unpaired) electrons. The van der Waals surface area contributed by atoms with Crippen LogP contribution < -0.4 is 11.2 Å². The van der Waals surface area contributed by atoms with E-state index in [0.717, 1.165) is 4.57 Å². The van der Waals surface area contributed by atoms with E-state index >= 15 is 0 Å². The highest BCUT2D eigenvalue weighted by atomic mass is 16.4. The number of hydrogen-bond acceptors (Lipinski definition) is 4. The molecule has 0 saturated carbocycles. The number of nitrogens with zero attached hydrogens (tertiary/aromatic N) is 2. The second-order valence-electron chi connectivity index (χ2n) is 3.95. The Balaban J connectivity index is 2.33. The summed E-state index contributed by atoms with van der Waals surface area (Å²) in [4.78, 5) is 42.8.